The van der Waals surface area contributed by atoms with Crippen molar-refractivity contribution in [3.63, 3.8) is 0 Å². The Bertz CT molecular complexity index is 690. The Kier molecular flexibility index (Phi) is 3.98. The van der Waals surface area contributed by atoms with Crippen molar-refractivity contribution < 1.29 is 9.15 Å². The first-order valence-corrected chi connectivity index (χ1v) is 6.77. The molecule has 21 heavy (non-hydrogen) atoms. The molecule has 0 fully saturated rings. The Labute approximate surface area is 123 Å². The van der Waals surface area contributed by atoms with Gasteiger partial charge in [-0.05, 0) is 30.3 Å². The molecule has 0 aliphatic carbocycles. The molecule has 2 aromatic carbocycles. The molecule has 0 aliphatic rings. The second-order valence-electron chi connectivity index (χ2n) is 4.63. The van der Waals surface area contributed by atoms with Crippen molar-refractivity contribution in [2.45, 2.75) is 6.54 Å². The monoisotopic (exact) mass is 280 g/mol. The fourth-order valence-electron chi connectivity index (χ4n) is 2.04. The lowest BCUT2D eigenvalue weighted by atomic mass is 10.1. The van der Waals surface area contributed by atoms with Crippen LogP contribution in [0.25, 0.3) is 11.1 Å². The van der Waals surface area contributed by atoms with Crippen LogP contribution in [-0.4, -0.2) is 12.0 Å². The summed E-state index contributed by atoms with van der Waals surface area (Å²) in [6, 6.07) is 18.1. The maximum Gasteiger partial charge on any atom is 0.399 e. The first-order valence-electron chi connectivity index (χ1n) is 6.77. The molecule has 4 heteroatoms. The lowest BCUT2D eigenvalue weighted by Crippen LogP contribution is -2.04. The van der Waals surface area contributed by atoms with Crippen LogP contribution in [0.15, 0.2) is 65.3 Å². The van der Waals surface area contributed by atoms with Crippen molar-refractivity contribution in [3.8, 4) is 23.0 Å². The van der Waals surface area contributed by atoms with Gasteiger partial charge < -0.3 is 14.5 Å². The number of nitrogens with one attached hydrogen (secondary N) is 1. The third-order valence-electron chi connectivity index (χ3n) is 3.06. The van der Waals surface area contributed by atoms with E-state index in [4.69, 9.17) is 9.15 Å². The highest BCUT2D eigenvalue weighted by Gasteiger charge is 2.06. The molecule has 1 aromatic heterocycles. The maximum absolute atomic E-state index is 5.59. The minimum Gasteiger partial charge on any atom is -0.417 e. The van der Waals surface area contributed by atoms with Crippen LogP contribution in [0.4, 0.5) is 0 Å². The van der Waals surface area contributed by atoms with Crippen LogP contribution in [0, 0.1) is 0 Å². The van der Waals surface area contributed by atoms with Crippen LogP contribution in [0.3, 0.4) is 0 Å². The van der Waals surface area contributed by atoms with E-state index in [1.165, 1.54) is 5.56 Å². The third-order valence-corrected chi connectivity index (χ3v) is 3.06. The molecule has 1 heterocycles. The van der Waals surface area contributed by atoms with Crippen LogP contribution >= 0.6 is 0 Å². The van der Waals surface area contributed by atoms with Crippen molar-refractivity contribution in [3.05, 3.63) is 66.6 Å². The van der Waals surface area contributed by atoms with Gasteiger partial charge in [0.1, 0.15) is 12.0 Å². The zero-order chi connectivity index (χ0) is 14.5. The fourth-order valence-corrected chi connectivity index (χ4v) is 2.04. The van der Waals surface area contributed by atoms with Gasteiger partial charge in [-0.3, -0.25) is 0 Å². The molecule has 0 saturated carbocycles. The van der Waals surface area contributed by atoms with Crippen molar-refractivity contribution in [2.24, 2.45) is 0 Å². The molecule has 0 amide bonds. The minimum absolute atomic E-state index is 0.257. The van der Waals surface area contributed by atoms with E-state index in [1.54, 1.807) is 6.26 Å². The number of oxazole rings is 1. The molecular formula is C17H16N2O2. The molecule has 0 saturated heterocycles. The van der Waals surface area contributed by atoms with Crippen molar-refractivity contribution in [1.29, 1.82) is 0 Å². The van der Waals surface area contributed by atoms with Gasteiger partial charge in [-0.15, -0.1) is 0 Å². The summed E-state index contributed by atoms with van der Waals surface area (Å²) in [6.07, 6.45) is 1.84. The van der Waals surface area contributed by atoms with E-state index >= 15 is 0 Å². The van der Waals surface area contributed by atoms with Gasteiger partial charge in [0, 0.05) is 6.54 Å². The van der Waals surface area contributed by atoms with Crippen LogP contribution in [0.5, 0.6) is 11.8 Å². The summed E-state index contributed by atoms with van der Waals surface area (Å²) in [6.45, 7) is 0.653. The van der Waals surface area contributed by atoms with Crippen molar-refractivity contribution in [2.75, 3.05) is 7.05 Å². The summed E-state index contributed by atoms with van der Waals surface area (Å²) in [5, 5.41) is 3.01. The molecule has 0 bridgehead atoms. The first kappa shape index (κ1) is 13.4. The average Bonchev–Trinajstić information content (AvgIpc) is 2.97. The highest BCUT2D eigenvalue weighted by atomic mass is 16.6. The SMILES string of the molecule is CNCc1coc(Oc2ccc(-c3ccccc3)cc2)n1. The molecule has 0 unspecified atom stereocenters. The number of rotatable bonds is 5. The normalized spacial score (nSPS) is 10.5. The molecule has 1 N–H and O–H groups in total. The number of aromatic nitrogens is 1. The van der Waals surface area contributed by atoms with Crippen LogP contribution in [-0.2, 0) is 6.54 Å². The van der Waals surface area contributed by atoms with Crippen LogP contribution < -0.4 is 10.1 Å². The summed E-state index contributed by atoms with van der Waals surface area (Å²) in [7, 11) is 1.86. The number of hydrogen-bond donors (Lipinski definition) is 1. The van der Waals surface area contributed by atoms with E-state index < -0.39 is 0 Å². The molecule has 3 aromatic rings. The standard InChI is InChI=1S/C17H16N2O2/c1-18-11-15-12-20-17(19-15)21-16-9-7-14(8-10-16)13-5-3-2-4-6-13/h2-10,12,18H,11H2,1H3. The zero-order valence-electron chi connectivity index (χ0n) is 11.7. The van der Waals surface area contributed by atoms with Crippen LogP contribution in [0.2, 0.25) is 0 Å². The van der Waals surface area contributed by atoms with E-state index in [0.717, 1.165) is 11.3 Å². The van der Waals surface area contributed by atoms with Gasteiger partial charge in [0.25, 0.3) is 0 Å². The lowest BCUT2D eigenvalue weighted by Gasteiger charge is -2.03. The van der Waals surface area contributed by atoms with E-state index in [0.29, 0.717) is 12.3 Å². The second-order valence-corrected chi connectivity index (χ2v) is 4.63. The quantitative estimate of drug-likeness (QED) is 0.771. The van der Waals surface area contributed by atoms with Gasteiger partial charge in [-0.2, -0.15) is 4.98 Å². The van der Waals surface area contributed by atoms with Crippen LogP contribution in [0.1, 0.15) is 5.69 Å². The highest BCUT2D eigenvalue weighted by Crippen LogP contribution is 2.25. The second kappa shape index (κ2) is 6.24. The number of ether oxygens (including phenoxy) is 1. The summed E-state index contributed by atoms with van der Waals surface area (Å²) < 4.78 is 10.9. The Hall–Kier alpha value is -2.59. The lowest BCUT2D eigenvalue weighted by molar-refractivity contribution is 0.331. The summed E-state index contributed by atoms with van der Waals surface area (Å²) in [5.41, 5.74) is 3.14. The molecule has 0 atom stereocenters. The van der Waals surface area contributed by atoms with E-state index in [1.807, 2.05) is 49.5 Å². The molecule has 3 rings (SSSR count). The van der Waals surface area contributed by atoms with Gasteiger partial charge >= 0.3 is 6.08 Å². The van der Waals surface area contributed by atoms with Crippen molar-refractivity contribution in [1.82, 2.24) is 10.3 Å². The first-order chi connectivity index (χ1) is 10.3. The highest BCUT2D eigenvalue weighted by molar-refractivity contribution is 5.63. The Balaban J connectivity index is 1.72. The Morgan fingerprint density at radius 2 is 1.71 bits per heavy atom. The fraction of sp³-hybridized carbons (Fsp3) is 0.118. The van der Waals surface area contributed by atoms with E-state index in [2.05, 4.69) is 22.4 Å². The minimum atomic E-state index is 0.257. The zero-order valence-corrected chi connectivity index (χ0v) is 11.7. The number of benzene rings is 2. The molecular weight excluding hydrogens is 264 g/mol. The van der Waals surface area contributed by atoms with Crippen molar-refractivity contribution >= 4 is 0 Å². The topological polar surface area (TPSA) is 47.3 Å². The third kappa shape index (κ3) is 3.30. The number of nitrogens with zero attached hydrogens (tertiary/aromatic N) is 1. The average molecular weight is 280 g/mol. The summed E-state index contributed by atoms with van der Waals surface area (Å²) in [5.74, 6) is 0.701. The summed E-state index contributed by atoms with van der Waals surface area (Å²) in [4.78, 5) is 4.22. The van der Waals surface area contributed by atoms with Gasteiger partial charge in [0.15, 0.2) is 0 Å². The maximum atomic E-state index is 5.59. The van der Waals surface area contributed by atoms with E-state index in [-0.39, 0.29) is 6.08 Å². The Morgan fingerprint density at radius 1 is 1.00 bits per heavy atom. The number of hydrogen-bond acceptors (Lipinski definition) is 4. The smallest absolute Gasteiger partial charge is 0.399 e. The predicted molar refractivity (Wildman–Crippen MR) is 81.2 cm³/mol. The Morgan fingerprint density at radius 3 is 2.43 bits per heavy atom. The largest absolute Gasteiger partial charge is 0.417 e. The van der Waals surface area contributed by atoms with Gasteiger partial charge in [-0.25, -0.2) is 0 Å². The van der Waals surface area contributed by atoms with Gasteiger partial charge in [0.2, 0.25) is 0 Å². The van der Waals surface area contributed by atoms with Gasteiger partial charge in [0.05, 0.1) is 5.69 Å². The predicted octanol–water partition coefficient (Wildman–Crippen LogP) is 3.85. The molecule has 106 valence electrons. The molecule has 4 nitrogen and oxygen atoms in total. The molecule has 0 aliphatic heterocycles. The van der Waals surface area contributed by atoms with E-state index in [9.17, 15) is 0 Å². The van der Waals surface area contributed by atoms with Gasteiger partial charge in [-0.1, -0.05) is 42.5 Å². The molecule has 0 radical (unpaired) electrons. The molecule has 0 spiro atoms. The summed E-state index contributed by atoms with van der Waals surface area (Å²) >= 11 is 0.